The van der Waals surface area contributed by atoms with Gasteiger partial charge in [0, 0.05) is 31.7 Å². The number of benzene rings is 2. The number of nitrogens with one attached hydrogen (secondary N) is 1. The number of nitrogens with zero attached hydrogens (tertiary/aromatic N) is 2. The standard InChI is InChI=1S/C24H31N3O2/c1-25-13-14-26(2)24(29)22-16-19-9-5-6-10-21(19)27(22)23(28)20-12-11-17-7-3-4-8-18(17)15-20/h3-4,7-8,11-12,15,19,21-22,25H,5-6,9-10,13-14,16H2,1-2H3. The van der Waals surface area contributed by atoms with E-state index in [1.54, 1.807) is 4.90 Å². The fourth-order valence-corrected chi connectivity index (χ4v) is 5.09. The lowest BCUT2D eigenvalue weighted by Crippen LogP contribution is -2.50. The predicted octanol–water partition coefficient (Wildman–Crippen LogP) is 3.29. The first-order valence-corrected chi connectivity index (χ1v) is 10.8. The fourth-order valence-electron chi connectivity index (χ4n) is 5.09. The second-order valence-corrected chi connectivity index (χ2v) is 8.50. The number of amides is 2. The van der Waals surface area contributed by atoms with Crippen LogP contribution in [0.25, 0.3) is 10.8 Å². The maximum Gasteiger partial charge on any atom is 0.254 e. The van der Waals surface area contributed by atoms with Crippen LogP contribution in [0.3, 0.4) is 0 Å². The molecule has 0 bridgehead atoms. The van der Waals surface area contributed by atoms with Gasteiger partial charge in [-0.05, 0) is 55.1 Å². The molecule has 2 aromatic rings. The van der Waals surface area contributed by atoms with Crippen LogP contribution in [0.15, 0.2) is 42.5 Å². The molecule has 1 aliphatic heterocycles. The first-order valence-electron chi connectivity index (χ1n) is 10.8. The Balaban J connectivity index is 1.64. The Hall–Kier alpha value is -2.40. The van der Waals surface area contributed by atoms with Gasteiger partial charge in [0.15, 0.2) is 0 Å². The zero-order valence-corrected chi connectivity index (χ0v) is 17.4. The van der Waals surface area contributed by atoms with Gasteiger partial charge in [0.1, 0.15) is 6.04 Å². The largest absolute Gasteiger partial charge is 0.343 e. The summed E-state index contributed by atoms with van der Waals surface area (Å²) in [5.41, 5.74) is 0.686. The summed E-state index contributed by atoms with van der Waals surface area (Å²) in [4.78, 5) is 30.6. The molecule has 4 rings (SSSR count). The number of hydrogen-bond acceptors (Lipinski definition) is 3. The molecule has 1 saturated carbocycles. The second-order valence-electron chi connectivity index (χ2n) is 8.50. The molecule has 5 nitrogen and oxygen atoms in total. The van der Waals surface area contributed by atoms with E-state index in [4.69, 9.17) is 0 Å². The highest BCUT2D eigenvalue weighted by atomic mass is 16.2. The molecular formula is C24H31N3O2. The van der Waals surface area contributed by atoms with Crippen LogP contribution in [0.1, 0.15) is 42.5 Å². The Kier molecular flexibility index (Phi) is 5.86. The van der Waals surface area contributed by atoms with Crippen LogP contribution in [0.2, 0.25) is 0 Å². The van der Waals surface area contributed by atoms with Gasteiger partial charge in [-0.15, -0.1) is 0 Å². The Labute approximate surface area is 173 Å². The van der Waals surface area contributed by atoms with Crippen LogP contribution in [0, 0.1) is 5.92 Å². The third-order valence-electron chi connectivity index (χ3n) is 6.68. The van der Waals surface area contributed by atoms with E-state index in [2.05, 4.69) is 11.4 Å². The van der Waals surface area contributed by atoms with E-state index >= 15 is 0 Å². The van der Waals surface area contributed by atoms with Crippen molar-refractivity contribution in [3.8, 4) is 0 Å². The minimum atomic E-state index is -0.344. The average Bonchev–Trinajstić information content (AvgIpc) is 3.15. The summed E-state index contributed by atoms with van der Waals surface area (Å²) < 4.78 is 0. The van der Waals surface area contributed by atoms with Gasteiger partial charge >= 0.3 is 0 Å². The van der Waals surface area contributed by atoms with E-state index in [1.165, 1.54) is 6.42 Å². The molecule has 29 heavy (non-hydrogen) atoms. The van der Waals surface area contributed by atoms with Crippen molar-refractivity contribution in [3.63, 3.8) is 0 Å². The molecule has 2 aromatic carbocycles. The predicted molar refractivity (Wildman–Crippen MR) is 116 cm³/mol. The molecule has 3 unspecified atom stereocenters. The highest BCUT2D eigenvalue weighted by molar-refractivity contribution is 6.01. The molecule has 1 heterocycles. The molecule has 1 saturated heterocycles. The first kappa shape index (κ1) is 19.9. The summed E-state index contributed by atoms with van der Waals surface area (Å²) >= 11 is 0. The number of hydrogen-bond donors (Lipinski definition) is 1. The lowest BCUT2D eigenvalue weighted by Gasteiger charge is -2.34. The minimum Gasteiger partial charge on any atom is -0.343 e. The van der Waals surface area contributed by atoms with Gasteiger partial charge in [-0.1, -0.05) is 43.2 Å². The van der Waals surface area contributed by atoms with Crippen LogP contribution in [0.4, 0.5) is 0 Å². The lowest BCUT2D eigenvalue weighted by molar-refractivity contribution is -0.134. The third kappa shape index (κ3) is 3.88. The normalized spacial score (nSPS) is 23.8. The molecule has 2 fully saturated rings. The quantitative estimate of drug-likeness (QED) is 0.848. The molecule has 1 N–H and O–H groups in total. The summed E-state index contributed by atoms with van der Waals surface area (Å²) in [6.45, 7) is 1.40. The van der Waals surface area contributed by atoms with Gasteiger partial charge in [-0.25, -0.2) is 0 Å². The summed E-state index contributed by atoms with van der Waals surface area (Å²) in [7, 11) is 3.73. The Morgan fingerprint density at radius 2 is 1.86 bits per heavy atom. The number of carbonyl (C=O) groups excluding carboxylic acids is 2. The molecular weight excluding hydrogens is 362 g/mol. The number of likely N-dealkylation sites (tertiary alicyclic amines) is 1. The molecule has 0 radical (unpaired) electrons. The average molecular weight is 394 g/mol. The van der Waals surface area contributed by atoms with Gasteiger partial charge in [0.05, 0.1) is 0 Å². The number of fused-ring (bicyclic) bond motifs is 2. The summed E-state index contributed by atoms with van der Waals surface area (Å²) in [6, 6.07) is 13.8. The molecule has 5 heteroatoms. The van der Waals surface area contributed by atoms with Crippen molar-refractivity contribution >= 4 is 22.6 Å². The van der Waals surface area contributed by atoms with Gasteiger partial charge in [-0.3, -0.25) is 9.59 Å². The molecule has 1 aliphatic carbocycles. The summed E-state index contributed by atoms with van der Waals surface area (Å²) in [5.74, 6) is 0.522. The van der Waals surface area contributed by atoms with Crippen molar-refractivity contribution in [1.29, 1.82) is 0 Å². The second kappa shape index (κ2) is 8.54. The highest BCUT2D eigenvalue weighted by Crippen LogP contribution is 2.41. The third-order valence-corrected chi connectivity index (χ3v) is 6.68. The van der Waals surface area contributed by atoms with E-state index in [0.29, 0.717) is 18.0 Å². The van der Waals surface area contributed by atoms with Gasteiger partial charge < -0.3 is 15.1 Å². The van der Waals surface area contributed by atoms with Crippen LogP contribution in [0.5, 0.6) is 0 Å². The van der Waals surface area contributed by atoms with Crippen molar-refractivity contribution in [2.24, 2.45) is 5.92 Å². The van der Waals surface area contributed by atoms with Crippen molar-refractivity contribution in [2.75, 3.05) is 27.2 Å². The monoisotopic (exact) mass is 393 g/mol. The Morgan fingerprint density at radius 3 is 2.66 bits per heavy atom. The van der Waals surface area contributed by atoms with Gasteiger partial charge in [-0.2, -0.15) is 0 Å². The van der Waals surface area contributed by atoms with Gasteiger partial charge in [0.2, 0.25) is 5.91 Å². The number of likely N-dealkylation sites (N-methyl/N-ethyl adjacent to an activating group) is 2. The highest BCUT2D eigenvalue weighted by Gasteiger charge is 2.48. The zero-order valence-electron chi connectivity index (χ0n) is 17.4. The van der Waals surface area contributed by atoms with Crippen LogP contribution < -0.4 is 5.32 Å². The van der Waals surface area contributed by atoms with E-state index in [-0.39, 0.29) is 23.9 Å². The molecule has 2 amide bonds. The van der Waals surface area contributed by atoms with Crippen LogP contribution in [-0.4, -0.2) is 60.9 Å². The van der Waals surface area contributed by atoms with E-state index < -0.39 is 0 Å². The smallest absolute Gasteiger partial charge is 0.254 e. The maximum absolute atomic E-state index is 13.6. The summed E-state index contributed by atoms with van der Waals surface area (Å²) in [5, 5.41) is 5.28. The van der Waals surface area contributed by atoms with Crippen LogP contribution >= 0.6 is 0 Å². The van der Waals surface area contributed by atoms with E-state index in [9.17, 15) is 9.59 Å². The fraction of sp³-hybridized carbons (Fsp3) is 0.500. The van der Waals surface area contributed by atoms with E-state index in [0.717, 1.165) is 43.0 Å². The van der Waals surface area contributed by atoms with Crippen molar-refractivity contribution in [1.82, 2.24) is 15.1 Å². The van der Waals surface area contributed by atoms with Crippen LogP contribution in [-0.2, 0) is 4.79 Å². The maximum atomic E-state index is 13.6. The van der Waals surface area contributed by atoms with E-state index in [1.807, 2.05) is 55.4 Å². The first-order chi connectivity index (χ1) is 14.1. The molecule has 0 aromatic heterocycles. The molecule has 0 spiro atoms. The lowest BCUT2D eigenvalue weighted by atomic mass is 9.84. The Morgan fingerprint density at radius 1 is 1.10 bits per heavy atom. The number of carbonyl (C=O) groups is 2. The molecule has 2 aliphatic rings. The van der Waals surface area contributed by atoms with Crippen molar-refractivity contribution < 1.29 is 9.59 Å². The molecule has 154 valence electrons. The Bertz CT molecular complexity index is 897. The summed E-state index contributed by atoms with van der Waals surface area (Å²) in [6.07, 6.45) is 5.27. The van der Waals surface area contributed by atoms with Gasteiger partial charge in [0.25, 0.3) is 5.91 Å². The molecule has 3 atom stereocenters. The minimum absolute atomic E-state index is 0.00511. The zero-order chi connectivity index (χ0) is 20.4. The SMILES string of the molecule is CNCCN(C)C(=O)C1CC2CCCCC2N1C(=O)c1ccc2ccccc2c1. The number of rotatable bonds is 5. The van der Waals surface area contributed by atoms with Crippen molar-refractivity contribution in [3.05, 3.63) is 48.0 Å². The van der Waals surface area contributed by atoms with Crippen molar-refractivity contribution in [2.45, 2.75) is 44.2 Å². The topological polar surface area (TPSA) is 52.7 Å².